The molecule has 146 valence electrons. The van der Waals surface area contributed by atoms with E-state index in [9.17, 15) is 4.79 Å². The van der Waals surface area contributed by atoms with Gasteiger partial charge in [-0.2, -0.15) is 5.10 Å². The normalized spacial score (nSPS) is 20.5. The standard InChI is InChI=1S/C22H27N5O/c1-16-9-11-26(14-17-6-3-2-4-7-17)15-20(16)24-12-18-19(22(23)28)13-25-27-10-5-8-21(18)27/h2-8,10,13,16,20,24H,9,11-12,14-15H2,1H3,(H2,23,28). The number of benzene rings is 1. The Labute approximate surface area is 165 Å². The predicted octanol–water partition coefficient (Wildman–Crippen LogP) is 2.43. The summed E-state index contributed by atoms with van der Waals surface area (Å²) in [5.41, 5.74) is 9.27. The van der Waals surface area contributed by atoms with Crippen molar-refractivity contribution < 1.29 is 4.79 Å². The van der Waals surface area contributed by atoms with Crippen LogP contribution < -0.4 is 11.1 Å². The van der Waals surface area contributed by atoms with Crippen LogP contribution in [0.2, 0.25) is 0 Å². The highest BCUT2D eigenvalue weighted by molar-refractivity contribution is 5.95. The first-order valence-electron chi connectivity index (χ1n) is 9.86. The van der Waals surface area contributed by atoms with Crippen LogP contribution in [-0.4, -0.2) is 39.6 Å². The van der Waals surface area contributed by atoms with E-state index in [4.69, 9.17) is 5.73 Å². The van der Waals surface area contributed by atoms with Gasteiger partial charge in [-0.15, -0.1) is 0 Å². The lowest BCUT2D eigenvalue weighted by Gasteiger charge is -2.37. The molecule has 1 aliphatic rings. The molecule has 0 spiro atoms. The van der Waals surface area contributed by atoms with Gasteiger partial charge in [-0.3, -0.25) is 9.69 Å². The number of primary amides is 1. The Morgan fingerprint density at radius 2 is 2.07 bits per heavy atom. The maximum atomic E-state index is 11.9. The lowest BCUT2D eigenvalue weighted by molar-refractivity contribution is 0.0998. The summed E-state index contributed by atoms with van der Waals surface area (Å²) in [7, 11) is 0. The van der Waals surface area contributed by atoms with Crippen molar-refractivity contribution in [1.29, 1.82) is 0 Å². The van der Waals surface area contributed by atoms with E-state index in [-0.39, 0.29) is 0 Å². The van der Waals surface area contributed by atoms with Gasteiger partial charge in [-0.25, -0.2) is 4.52 Å². The molecule has 0 saturated carbocycles. The van der Waals surface area contributed by atoms with Crippen molar-refractivity contribution in [2.24, 2.45) is 11.7 Å². The van der Waals surface area contributed by atoms with E-state index in [1.807, 2.05) is 18.3 Å². The fourth-order valence-electron chi connectivity index (χ4n) is 4.07. The van der Waals surface area contributed by atoms with Crippen LogP contribution in [0, 0.1) is 5.92 Å². The molecule has 3 aromatic rings. The molecule has 1 fully saturated rings. The molecule has 3 N–H and O–H groups in total. The molecule has 1 aromatic carbocycles. The Bertz CT molecular complexity index is 952. The molecular formula is C22H27N5O. The smallest absolute Gasteiger partial charge is 0.250 e. The summed E-state index contributed by atoms with van der Waals surface area (Å²) in [5.74, 6) is 0.143. The Morgan fingerprint density at radius 1 is 1.25 bits per heavy atom. The third kappa shape index (κ3) is 3.93. The number of amides is 1. The molecule has 1 aliphatic heterocycles. The molecule has 2 atom stereocenters. The maximum Gasteiger partial charge on any atom is 0.250 e. The summed E-state index contributed by atoms with van der Waals surface area (Å²) in [6.45, 7) is 5.97. The minimum absolute atomic E-state index is 0.362. The zero-order chi connectivity index (χ0) is 19.5. The fraction of sp³-hybridized carbons (Fsp3) is 0.364. The second-order valence-electron chi connectivity index (χ2n) is 7.71. The first-order chi connectivity index (χ1) is 13.6. The third-order valence-electron chi connectivity index (χ3n) is 5.77. The molecule has 1 amide bonds. The number of aromatic nitrogens is 2. The lowest BCUT2D eigenvalue weighted by Crippen LogP contribution is -2.49. The van der Waals surface area contributed by atoms with Gasteiger partial charge in [0, 0.05) is 37.4 Å². The summed E-state index contributed by atoms with van der Waals surface area (Å²) >= 11 is 0. The minimum Gasteiger partial charge on any atom is -0.366 e. The van der Waals surface area contributed by atoms with Crippen molar-refractivity contribution in [3.05, 3.63) is 71.5 Å². The maximum absolute atomic E-state index is 11.9. The highest BCUT2D eigenvalue weighted by Crippen LogP contribution is 2.21. The van der Waals surface area contributed by atoms with E-state index in [1.54, 1.807) is 10.7 Å². The molecule has 4 rings (SSSR count). The first kappa shape index (κ1) is 18.7. The highest BCUT2D eigenvalue weighted by atomic mass is 16.1. The number of likely N-dealkylation sites (tertiary alicyclic amines) is 1. The molecule has 3 heterocycles. The van der Waals surface area contributed by atoms with Crippen molar-refractivity contribution in [2.45, 2.75) is 32.5 Å². The summed E-state index contributed by atoms with van der Waals surface area (Å²) in [5, 5.41) is 7.96. The zero-order valence-electron chi connectivity index (χ0n) is 16.2. The van der Waals surface area contributed by atoms with Gasteiger partial charge in [0.1, 0.15) is 0 Å². The van der Waals surface area contributed by atoms with E-state index < -0.39 is 5.91 Å². The second-order valence-corrected chi connectivity index (χ2v) is 7.71. The summed E-state index contributed by atoms with van der Waals surface area (Å²) in [6.07, 6.45) is 4.61. The van der Waals surface area contributed by atoms with Gasteiger partial charge in [0.2, 0.25) is 0 Å². The number of nitrogens with one attached hydrogen (secondary N) is 1. The van der Waals surface area contributed by atoms with E-state index in [1.165, 1.54) is 5.56 Å². The predicted molar refractivity (Wildman–Crippen MR) is 110 cm³/mol. The number of nitrogens with zero attached hydrogens (tertiary/aromatic N) is 3. The average Bonchev–Trinajstić information content (AvgIpc) is 3.18. The molecule has 2 unspecified atom stereocenters. The monoisotopic (exact) mass is 377 g/mol. The number of nitrogens with two attached hydrogens (primary N) is 1. The summed E-state index contributed by atoms with van der Waals surface area (Å²) < 4.78 is 1.79. The van der Waals surface area contributed by atoms with E-state index in [2.05, 4.69) is 52.6 Å². The largest absolute Gasteiger partial charge is 0.366 e. The number of hydrogen-bond donors (Lipinski definition) is 2. The quantitative estimate of drug-likeness (QED) is 0.692. The van der Waals surface area contributed by atoms with E-state index >= 15 is 0 Å². The molecule has 1 saturated heterocycles. The van der Waals surface area contributed by atoms with Gasteiger partial charge in [0.25, 0.3) is 5.91 Å². The highest BCUT2D eigenvalue weighted by Gasteiger charge is 2.26. The molecule has 6 nitrogen and oxygen atoms in total. The molecule has 28 heavy (non-hydrogen) atoms. The van der Waals surface area contributed by atoms with Crippen LogP contribution >= 0.6 is 0 Å². The molecule has 0 aliphatic carbocycles. The van der Waals surface area contributed by atoms with E-state index in [0.29, 0.717) is 24.1 Å². The van der Waals surface area contributed by atoms with Crippen LogP contribution in [0.15, 0.2) is 54.9 Å². The number of rotatable bonds is 6. The molecule has 6 heteroatoms. The van der Waals surface area contributed by atoms with Crippen molar-refractivity contribution in [3.8, 4) is 0 Å². The third-order valence-corrected chi connectivity index (χ3v) is 5.77. The molecular weight excluding hydrogens is 350 g/mol. The Hall–Kier alpha value is -2.70. The van der Waals surface area contributed by atoms with Gasteiger partial charge >= 0.3 is 0 Å². The van der Waals surface area contributed by atoms with Crippen LogP contribution in [0.4, 0.5) is 0 Å². The van der Waals surface area contributed by atoms with Crippen LogP contribution in [0.5, 0.6) is 0 Å². The van der Waals surface area contributed by atoms with Gasteiger partial charge in [0.05, 0.1) is 17.3 Å². The number of fused-ring (bicyclic) bond motifs is 1. The van der Waals surface area contributed by atoms with E-state index in [0.717, 1.165) is 37.1 Å². The van der Waals surface area contributed by atoms with Gasteiger partial charge in [-0.05, 0) is 36.6 Å². The molecule has 0 radical (unpaired) electrons. The van der Waals surface area contributed by atoms with Crippen LogP contribution in [0.25, 0.3) is 5.52 Å². The minimum atomic E-state index is -0.435. The summed E-state index contributed by atoms with van der Waals surface area (Å²) in [4.78, 5) is 14.4. The Morgan fingerprint density at radius 3 is 2.86 bits per heavy atom. The number of piperidine rings is 1. The first-order valence-corrected chi connectivity index (χ1v) is 9.86. The topological polar surface area (TPSA) is 75.7 Å². The van der Waals surface area contributed by atoms with Crippen molar-refractivity contribution >= 4 is 11.4 Å². The summed E-state index contributed by atoms with van der Waals surface area (Å²) in [6, 6.07) is 14.9. The zero-order valence-corrected chi connectivity index (χ0v) is 16.2. The molecule has 0 bridgehead atoms. The fourth-order valence-corrected chi connectivity index (χ4v) is 4.07. The molecule has 2 aromatic heterocycles. The van der Waals surface area contributed by atoms with Crippen LogP contribution in [0.1, 0.15) is 34.8 Å². The Kier molecular flexibility index (Phi) is 5.41. The van der Waals surface area contributed by atoms with Crippen molar-refractivity contribution in [3.63, 3.8) is 0 Å². The Balaban J connectivity index is 1.48. The number of carbonyl (C=O) groups excluding carboxylic acids is 1. The van der Waals surface area contributed by atoms with Gasteiger partial charge in [-0.1, -0.05) is 37.3 Å². The van der Waals surface area contributed by atoms with Gasteiger partial charge in [0.15, 0.2) is 0 Å². The second kappa shape index (κ2) is 8.12. The van der Waals surface area contributed by atoms with Crippen LogP contribution in [-0.2, 0) is 13.1 Å². The lowest BCUT2D eigenvalue weighted by atomic mass is 9.92. The number of carbonyl (C=O) groups is 1. The van der Waals surface area contributed by atoms with Crippen molar-refractivity contribution in [1.82, 2.24) is 19.8 Å². The van der Waals surface area contributed by atoms with Crippen LogP contribution in [0.3, 0.4) is 0 Å². The van der Waals surface area contributed by atoms with Gasteiger partial charge < -0.3 is 11.1 Å². The average molecular weight is 377 g/mol. The SMILES string of the molecule is CC1CCN(Cc2ccccc2)CC1NCc1c(C(N)=O)cnn2cccc12. The number of hydrogen-bond acceptors (Lipinski definition) is 4. The van der Waals surface area contributed by atoms with Crippen molar-refractivity contribution in [2.75, 3.05) is 13.1 Å².